The van der Waals surface area contributed by atoms with Crippen molar-refractivity contribution >= 4 is 26.2 Å². The van der Waals surface area contributed by atoms with Gasteiger partial charge in [-0.05, 0) is 56.2 Å². The lowest BCUT2D eigenvalue weighted by Gasteiger charge is -2.46. The van der Waals surface area contributed by atoms with Crippen molar-refractivity contribution in [2.75, 3.05) is 27.9 Å². The van der Waals surface area contributed by atoms with E-state index >= 15 is 0 Å². The summed E-state index contributed by atoms with van der Waals surface area (Å²) >= 11 is 0. The van der Waals surface area contributed by atoms with Gasteiger partial charge in [-0.15, -0.1) is 0 Å². The van der Waals surface area contributed by atoms with E-state index in [1.165, 1.54) is 19.1 Å². The van der Waals surface area contributed by atoms with E-state index in [-0.39, 0.29) is 19.6 Å². The van der Waals surface area contributed by atoms with E-state index in [2.05, 4.69) is 0 Å². The summed E-state index contributed by atoms with van der Waals surface area (Å²) in [5.74, 6) is -2.48. The molecule has 0 aliphatic carbocycles. The van der Waals surface area contributed by atoms with Crippen molar-refractivity contribution in [3.63, 3.8) is 0 Å². The highest BCUT2D eigenvalue weighted by Gasteiger charge is 2.76. The van der Waals surface area contributed by atoms with Gasteiger partial charge in [0.2, 0.25) is 5.91 Å². The first-order chi connectivity index (χ1) is 18.4. The van der Waals surface area contributed by atoms with E-state index in [1.54, 1.807) is 38.3 Å². The topological polar surface area (TPSA) is 101 Å². The van der Waals surface area contributed by atoms with Gasteiger partial charge in [0, 0.05) is 13.2 Å². The number of hydrogen-bond donors (Lipinski definition) is 0. The molecule has 2 aromatic rings. The fourth-order valence-corrected chi connectivity index (χ4v) is 6.93. The van der Waals surface area contributed by atoms with Crippen LogP contribution in [0.3, 0.4) is 0 Å². The second kappa shape index (κ2) is 12.3. The largest absolute Gasteiger partial charge is 0.497 e. The molecule has 0 spiro atoms. The molecule has 1 fully saturated rings. The summed E-state index contributed by atoms with van der Waals surface area (Å²) in [6.07, 6.45) is 0.224. The summed E-state index contributed by atoms with van der Waals surface area (Å²) in [5.41, 5.74) is -2.07. The Balaban J connectivity index is 2.07. The van der Waals surface area contributed by atoms with Gasteiger partial charge in [0.05, 0.1) is 33.9 Å². The molecule has 1 amide bonds. The number of hydrogen-bond acceptors (Lipinski definition) is 8. The summed E-state index contributed by atoms with van der Waals surface area (Å²) in [4.78, 5) is 42.9. The maximum atomic E-state index is 14.2. The molecule has 1 aliphatic rings. The van der Waals surface area contributed by atoms with Crippen molar-refractivity contribution in [2.24, 2.45) is 5.92 Å². The maximum absolute atomic E-state index is 14.2. The Morgan fingerprint density at radius 2 is 1.49 bits per heavy atom. The molecule has 0 radical (unpaired) electrons. The number of likely N-dealkylation sites (tertiary alicyclic amines) is 1. The number of methoxy groups -OCH3 is 3. The Morgan fingerprint density at radius 3 is 2.00 bits per heavy atom. The van der Waals surface area contributed by atoms with E-state index in [0.717, 1.165) is 5.56 Å². The van der Waals surface area contributed by atoms with Gasteiger partial charge < -0.3 is 28.3 Å². The van der Waals surface area contributed by atoms with Crippen LogP contribution in [0.5, 0.6) is 5.75 Å². The Labute approximate surface area is 231 Å². The quantitative estimate of drug-likeness (QED) is 0.167. The third-order valence-electron chi connectivity index (χ3n) is 6.99. The predicted octanol–water partition coefficient (Wildman–Crippen LogP) is 3.96. The van der Waals surface area contributed by atoms with Crippen molar-refractivity contribution in [2.45, 2.75) is 57.3 Å². The van der Waals surface area contributed by atoms with Crippen LogP contribution in [-0.4, -0.2) is 70.1 Å². The first-order valence-electron chi connectivity index (χ1n) is 12.9. The Bertz CT molecular complexity index is 1130. The van der Waals surface area contributed by atoms with E-state index < -0.39 is 43.2 Å². The zero-order valence-electron chi connectivity index (χ0n) is 23.8. The number of amides is 1. The van der Waals surface area contributed by atoms with Crippen LogP contribution >= 0.6 is 0 Å². The van der Waals surface area contributed by atoms with Crippen molar-refractivity contribution in [3.8, 4) is 5.75 Å². The van der Waals surface area contributed by atoms with Crippen molar-refractivity contribution in [1.82, 2.24) is 4.90 Å². The van der Waals surface area contributed by atoms with E-state index in [1.807, 2.05) is 50.0 Å². The van der Waals surface area contributed by atoms with Crippen LogP contribution in [0.1, 0.15) is 24.5 Å². The molecule has 1 heterocycles. The third kappa shape index (κ3) is 6.02. The zero-order valence-corrected chi connectivity index (χ0v) is 24.8. The Hall–Kier alpha value is -3.21. The maximum Gasteiger partial charge on any atom is 0.346 e. The molecule has 212 valence electrons. The predicted molar refractivity (Wildman–Crippen MR) is 147 cm³/mol. The number of nitrogens with zero attached hydrogens (tertiary/aromatic N) is 1. The molecule has 0 saturated carbocycles. The van der Waals surface area contributed by atoms with E-state index in [4.69, 9.17) is 23.4 Å². The average Bonchev–Trinajstić information content (AvgIpc) is 3.08. The molecule has 1 saturated heterocycles. The third-order valence-corrected chi connectivity index (χ3v) is 8.03. The van der Waals surface area contributed by atoms with Crippen LogP contribution in [0.25, 0.3) is 0 Å². The van der Waals surface area contributed by atoms with E-state index in [0.29, 0.717) is 17.9 Å². The summed E-state index contributed by atoms with van der Waals surface area (Å²) in [6, 6.07) is 16.7. The molecular formula is C29H39NO8Si. The smallest absolute Gasteiger partial charge is 0.346 e. The normalized spacial score (nSPS) is 20.5. The average molecular weight is 558 g/mol. The summed E-state index contributed by atoms with van der Waals surface area (Å²) in [7, 11) is 1.48. The van der Waals surface area contributed by atoms with Crippen LogP contribution < -0.4 is 4.74 Å². The van der Waals surface area contributed by atoms with Crippen molar-refractivity contribution < 1.29 is 37.8 Å². The molecule has 3 rings (SSSR count). The SMILES string of the molecule is COC(=O)C1(C(=O)OC)N(Cc2ccc(OC)cc2)C(=O)[C@H](CCOCc2ccccc2)[C@]1(C)O[Si](C)(C)C. The van der Waals surface area contributed by atoms with Crippen molar-refractivity contribution in [3.05, 3.63) is 65.7 Å². The van der Waals surface area contributed by atoms with Gasteiger partial charge in [-0.25, -0.2) is 9.59 Å². The number of esters is 2. The minimum absolute atomic E-state index is 0.0426. The molecule has 0 bridgehead atoms. The lowest BCUT2D eigenvalue weighted by molar-refractivity contribution is -0.186. The van der Waals surface area contributed by atoms with Gasteiger partial charge in [0.1, 0.15) is 11.4 Å². The highest BCUT2D eigenvalue weighted by molar-refractivity contribution is 6.70. The summed E-state index contributed by atoms with van der Waals surface area (Å²) in [5, 5.41) is 0. The molecule has 0 aromatic heterocycles. The van der Waals surface area contributed by atoms with Crippen LogP contribution in [0.4, 0.5) is 0 Å². The minimum atomic E-state index is -2.46. The molecule has 9 nitrogen and oxygen atoms in total. The van der Waals surface area contributed by atoms with Gasteiger partial charge in [0.15, 0.2) is 8.32 Å². The monoisotopic (exact) mass is 557 g/mol. The van der Waals surface area contributed by atoms with Crippen LogP contribution in [0.2, 0.25) is 19.6 Å². The molecule has 2 atom stereocenters. The highest BCUT2D eigenvalue weighted by Crippen LogP contribution is 2.50. The first-order valence-corrected chi connectivity index (χ1v) is 16.3. The second-order valence-electron chi connectivity index (χ2n) is 10.7. The fraction of sp³-hybridized carbons (Fsp3) is 0.483. The molecule has 2 aromatic carbocycles. The lowest BCUT2D eigenvalue weighted by Crippen LogP contribution is -2.71. The molecule has 1 aliphatic heterocycles. The standard InChI is InChI=1S/C29H39NO8Si/c1-28(38-39(5,6)7)24(17-18-37-20-22-11-9-8-10-12-22)25(31)30(19-21-13-15-23(34-2)16-14-21)29(28,26(32)35-3)27(33)36-4/h8-16,24H,17-20H2,1-7H3/t24-,28-/m0/s1. The number of rotatable bonds is 12. The van der Waals surface area contributed by atoms with Gasteiger partial charge in [-0.1, -0.05) is 42.5 Å². The van der Waals surface area contributed by atoms with Gasteiger partial charge in [-0.2, -0.15) is 0 Å². The van der Waals surface area contributed by atoms with Gasteiger partial charge in [-0.3, -0.25) is 4.79 Å². The zero-order chi connectivity index (χ0) is 28.8. The summed E-state index contributed by atoms with van der Waals surface area (Å²) < 4.78 is 28.2. The van der Waals surface area contributed by atoms with Gasteiger partial charge >= 0.3 is 11.9 Å². The lowest BCUT2D eigenvalue weighted by atomic mass is 9.75. The number of carbonyl (C=O) groups excluding carboxylic acids is 3. The Morgan fingerprint density at radius 1 is 0.897 bits per heavy atom. The van der Waals surface area contributed by atoms with Crippen LogP contribution in [0, 0.1) is 5.92 Å². The molecular weight excluding hydrogens is 518 g/mol. The van der Waals surface area contributed by atoms with Crippen LogP contribution in [0.15, 0.2) is 54.6 Å². The highest BCUT2D eigenvalue weighted by atomic mass is 28.4. The second-order valence-corrected chi connectivity index (χ2v) is 15.1. The fourth-order valence-electron chi connectivity index (χ4n) is 5.37. The van der Waals surface area contributed by atoms with Crippen LogP contribution in [-0.2, 0) is 46.2 Å². The van der Waals surface area contributed by atoms with Crippen molar-refractivity contribution in [1.29, 1.82) is 0 Å². The number of carbonyl (C=O) groups is 3. The first kappa shape index (κ1) is 30.3. The molecule has 0 N–H and O–H groups in total. The molecule has 0 unspecified atom stereocenters. The van der Waals surface area contributed by atoms with E-state index in [9.17, 15) is 14.4 Å². The van der Waals surface area contributed by atoms with Gasteiger partial charge in [0.25, 0.3) is 5.54 Å². The summed E-state index contributed by atoms with van der Waals surface area (Å²) in [6.45, 7) is 8.00. The minimum Gasteiger partial charge on any atom is -0.497 e. The molecule has 39 heavy (non-hydrogen) atoms. The Kier molecular flexibility index (Phi) is 9.58. The number of ether oxygens (including phenoxy) is 4. The molecule has 10 heteroatoms. The number of benzene rings is 2.